The van der Waals surface area contributed by atoms with E-state index in [0.717, 1.165) is 4.88 Å². The van der Waals surface area contributed by atoms with Crippen molar-refractivity contribution in [2.45, 2.75) is 26.8 Å². The van der Waals surface area contributed by atoms with E-state index >= 15 is 0 Å². The summed E-state index contributed by atoms with van der Waals surface area (Å²) < 4.78 is 7.45. The van der Waals surface area contributed by atoms with Gasteiger partial charge in [-0.3, -0.25) is 14.5 Å². The fourth-order valence-corrected chi connectivity index (χ4v) is 4.06. The number of H-pyrrole nitrogens is 1. The molecule has 1 saturated heterocycles. The van der Waals surface area contributed by atoms with Gasteiger partial charge in [0.2, 0.25) is 5.91 Å². The minimum absolute atomic E-state index is 0.0366. The number of piperazine rings is 1. The first-order chi connectivity index (χ1) is 13.4. The van der Waals surface area contributed by atoms with Crippen LogP contribution in [0.4, 0.5) is 4.79 Å². The molecule has 1 N–H and O–H groups in total. The van der Waals surface area contributed by atoms with Crippen molar-refractivity contribution in [3.8, 4) is 10.7 Å². The summed E-state index contributed by atoms with van der Waals surface area (Å²) in [6.07, 6.45) is -0.314. The maximum absolute atomic E-state index is 13.0. The highest BCUT2D eigenvalue weighted by atomic mass is 32.1. The van der Waals surface area contributed by atoms with Crippen molar-refractivity contribution < 1.29 is 14.3 Å². The van der Waals surface area contributed by atoms with Crippen molar-refractivity contribution in [3.05, 3.63) is 22.3 Å². The molecule has 2 amide bonds. The maximum atomic E-state index is 13.0. The van der Waals surface area contributed by atoms with Crippen molar-refractivity contribution in [2.75, 3.05) is 32.8 Å². The predicted molar refractivity (Wildman–Crippen MR) is 110 cm³/mol. The van der Waals surface area contributed by atoms with E-state index in [9.17, 15) is 9.59 Å². The molecule has 0 aliphatic carbocycles. The van der Waals surface area contributed by atoms with E-state index in [1.807, 2.05) is 38.3 Å². The van der Waals surface area contributed by atoms with Crippen LogP contribution in [0.1, 0.15) is 26.8 Å². The number of amides is 2. The van der Waals surface area contributed by atoms with Gasteiger partial charge in [0.05, 0.1) is 11.5 Å². The summed E-state index contributed by atoms with van der Waals surface area (Å²) in [4.78, 5) is 29.5. The summed E-state index contributed by atoms with van der Waals surface area (Å²) in [5.41, 5.74) is 0. The second-order valence-electron chi connectivity index (χ2n) is 7.16. The van der Waals surface area contributed by atoms with Crippen LogP contribution >= 0.6 is 23.6 Å². The van der Waals surface area contributed by atoms with Crippen LogP contribution in [0.2, 0.25) is 0 Å². The molecule has 1 atom stereocenters. The van der Waals surface area contributed by atoms with Gasteiger partial charge in [0, 0.05) is 26.2 Å². The molecule has 2 aromatic rings. The SMILES string of the molecule is CC(C)COC(=O)N1CCN(C(=O)C(C)n2c(-c3cccs3)n[nH]c2=S)CC1. The molecule has 28 heavy (non-hydrogen) atoms. The summed E-state index contributed by atoms with van der Waals surface area (Å²) >= 11 is 6.90. The second-order valence-corrected chi connectivity index (χ2v) is 8.49. The van der Waals surface area contributed by atoms with Crippen LogP contribution in [0.25, 0.3) is 10.7 Å². The molecule has 0 aromatic carbocycles. The van der Waals surface area contributed by atoms with Crippen molar-refractivity contribution >= 4 is 35.6 Å². The van der Waals surface area contributed by atoms with E-state index in [2.05, 4.69) is 10.2 Å². The van der Waals surface area contributed by atoms with Gasteiger partial charge in [-0.2, -0.15) is 5.10 Å². The van der Waals surface area contributed by atoms with Crippen LogP contribution in [0.3, 0.4) is 0 Å². The third-order valence-electron chi connectivity index (χ3n) is 4.58. The number of carbonyl (C=O) groups is 2. The standard InChI is InChI=1S/C18H25N5O3S2/c1-12(2)11-26-18(25)22-8-6-21(7-9-22)16(24)13(3)23-15(19-20-17(23)27)14-5-4-10-28-14/h4-5,10,12-13H,6-9,11H2,1-3H3,(H,20,27). The lowest BCUT2D eigenvalue weighted by molar-refractivity contribution is -0.135. The van der Waals surface area contributed by atoms with Gasteiger partial charge in [0.15, 0.2) is 10.6 Å². The molecule has 1 fully saturated rings. The molecular weight excluding hydrogens is 398 g/mol. The fourth-order valence-electron chi connectivity index (χ4n) is 3.06. The lowest BCUT2D eigenvalue weighted by atomic mass is 10.2. The van der Waals surface area contributed by atoms with Crippen molar-refractivity contribution in [1.82, 2.24) is 24.6 Å². The zero-order valence-electron chi connectivity index (χ0n) is 16.3. The minimum atomic E-state index is -0.484. The molecule has 10 heteroatoms. The number of thiophene rings is 1. The molecule has 3 rings (SSSR count). The maximum Gasteiger partial charge on any atom is 0.409 e. The van der Waals surface area contributed by atoms with E-state index < -0.39 is 6.04 Å². The first-order valence-corrected chi connectivity index (χ1v) is 10.6. The van der Waals surface area contributed by atoms with Gasteiger partial charge in [-0.15, -0.1) is 11.3 Å². The molecule has 1 aliphatic heterocycles. The average Bonchev–Trinajstić information content (AvgIpc) is 3.34. The molecule has 0 bridgehead atoms. The predicted octanol–water partition coefficient (Wildman–Crippen LogP) is 3.17. The van der Waals surface area contributed by atoms with Crippen LogP contribution in [0.5, 0.6) is 0 Å². The highest BCUT2D eigenvalue weighted by molar-refractivity contribution is 7.71. The summed E-state index contributed by atoms with van der Waals surface area (Å²) in [6, 6.07) is 3.40. The van der Waals surface area contributed by atoms with Crippen molar-refractivity contribution in [2.24, 2.45) is 5.92 Å². The number of aromatic amines is 1. The van der Waals surface area contributed by atoms with Gasteiger partial charge in [-0.25, -0.2) is 4.79 Å². The molecule has 0 radical (unpaired) electrons. The van der Waals surface area contributed by atoms with Crippen molar-refractivity contribution in [3.63, 3.8) is 0 Å². The lowest BCUT2D eigenvalue weighted by Crippen LogP contribution is -2.52. The van der Waals surface area contributed by atoms with Gasteiger partial charge in [0.1, 0.15) is 6.04 Å². The third kappa shape index (κ3) is 4.44. The van der Waals surface area contributed by atoms with Gasteiger partial charge in [0.25, 0.3) is 0 Å². The zero-order chi connectivity index (χ0) is 20.3. The van der Waals surface area contributed by atoms with Gasteiger partial charge < -0.3 is 14.5 Å². The average molecular weight is 424 g/mol. The van der Waals surface area contributed by atoms with Crippen LogP contribution in [-0.4, -0.2) is 69.4 Å². The normalized spacial score (nSPS) is 15.7. The molecule has 1 aliphatic rings. The number of nitrogens with zero attached hydrogens (tertiary/aromatic N) is 4. The summed E-state index contributed by atoms with van der Waals surface area (Å²) in [5.74, 6) is 0.923. The molecule has 2 aromatic heterocycles. The Bertz CT molecular complexity index is 866. The van der Waals surface area contributed by atoms with Crippen LogP contribution < -0.4 is 0 Å². The Morgan fingerprint density at radius 2 is 1.93 bits per heavy atom. The summed E-state index contributed by atoms with van der Waals surface area (Å²) in [5, 5.41) is 9.04. The fraction of sp³-hybridized carbons (Fsp3) is 0.556. The number of hydrogen-bond acceptors (Lipinski definition) is 6. The summed E-state index contributed by atoms with van der Waals surface area (Å²) in [7, 11) is 0. The molecule has 0 saturated carbocycles. The van der Waals surface area contributed by atoms with Gasteiger partial charge in [-0.05, 0) is 36.5 Å². The smallest absolute Gasteiger partial charge is 0.409 e. The molecule has 152 valence electrons. The van der Waals surface area contributed by atoms with Crippen LogP contribution in [-0.2, 0) is 9.53 Å². The number of nitrogens with one attached hydrogen (secondary N) is 1. The van der Waals surface area contributed by atoms with E-state index in [-0.39, 0.29) is 12.0 Å². The van der Waals surface area contributed by atoms with Gasteiger partial charge in [-0.1, -0.05) is 19.9 Å². The molecule has 3 heterocycles. The van der Waals surface area contributed by atoms with E-state index in [1.165, 1.54) is 0 Å². The van der Waals surface area contributed by atoms with Gasteiger partial charge >= 0.3 is 6.09 Å². The number of ether oxygens (including phenoxy) is 1. The van der Waals surface area contributed by atoms with E-state index in [1.54, 1.807) is 25.7 Å². The topological polar surface area (TPSA) is 83.5 Å². The van der Waals surface area contributed by atoms with E-state index in [0.29, 0.717) is 49.3 Å². The first-order valence-electron chi connectivity index (χ1n) is 9.29. The Morgan fingerprint density at radius 3 is 2.54 bits per heavy atom. The zero-order valence-corrected chi connectivity index (χ0v) is 17.9. The second kappa shape index (κ2) is 8.87. The number of hydrogen-bond donors (Lipinski definition) is 1. The van der Waals surface area contributed by atoms with E-state index in [4.69, 9.17) is 17.0 Å². The van der Waals surface area contributed by atoms with Crippen LogP contribution in [0.15, 0.2) is 17.5 Å². The third-order valence-corrected chi connectivity index (χ3v) is 5.73. The molecule has 1 unspecified atom stereocenters. The Balaban J connectivity index is 1.64. The van der Waals surface area contributed by atoms with Crippen molar-refractivity contribution in [1.29, 1.82) is 0 Å². The Morgan fingerprint density at radius 1 is 1.25 bits per heavy atom. The van der Waals surface area contributed by atoms with Crippen LogP contribution in [0, 0.1) is 10.7 Å². The summed E-state index contributed by atoms with van der Waals surface area (Å²) in [6.45, 7) is 8.09. The molecule has 0 spiro atoms. The highest BCUT2D eigenvalue weighted by Crippen LogP contribution is 2.26. The molecular formula is C18H25N5O3S2. The quantitative estimate of drug-likeness (QED) is 0.747. The minimum Gasteiger partial charge on any atom is -0.449 e. The molecule has 8 nitrogen and oxygen atoms in total. The Hall–Kier alpha value is -2.20. The monoisotopic (exact) mass is 423 g/mol. The number of carbonyl (C=O) groups excluding carboxylic acids is 2. The Labute approximate surface area is 173 Å². The lowest BCUT2D eigenvalue weighted by Gasteiger charge is -2.35. The highest BCUT2D eigenvalue weighted by Gasteiger charge is 2.30. The Kier molecular flexibility index (Phi) is 6.50. The first kappa shape index (κ1) is 20.5. The number of aromatic nitrogens is 3. The largest absolute Gasteiger partial charge is 0.449 e. The number of rotatable bonds is 5.